The van der Waals surface area contributed by atoms with E-state index in [2.05, 4.69) is 16.0 Å². The van der Waals surface area contributed by atoms with Crippen molar-refractivity contribution in [3.63, 3.8) is 0 Å². The Kier molecular flexibility index (Phi) is 13.4. The van der Waals surface area contributed by atoms with Crippen molar-refractivity contribution < 1.29 is 38.4 Å². The van der Waals surface area contributed by atoms with Gasteiger partial charge in [-0.05, 0) is 30.9 Å². The average Bonchev–Trinajstić information content (AvgIpc) is 3.03. The largest absolute Gasteiger partial charge is 0.465 e. The van der Waals surface area contributed by atoms with E-state index < -0.39 is 53.0 Å². The maximum absolute atomic E-state index is 13.6. The number of nitro benzene ring substituents is 1. The number of ketones is 1. The lowest BCUT2D eigenvalue weighted by molar-refractivity contribution is -0.384. The first-order chi connectivity index (χ1) is 21.2. The fourth-order valence-corrected chi connectivity index (χ4v) is 4.92. The summed E-state index contributed by atoms with van der Waals surface area (Å²) in [5, 5.41) is 18.6. The molecule has 0 heterocycles. The van der Waals surface area contributed by atoms with Gasteiger partial charge in [-0.2, -0.15) is 0 Å². The number of non-ortho nitro benzene ring substituents is 1. The van der Waals surface area contributed by atoms with Crippen molar-refractivity contribution in [2.24, 2.45) is 5.92 Å². The molecule has 44 heavy (non-hydrogen) atoms. The van der Waals surface area contributed by atoms with Gasteiger partial charge in [0.25, 0.3) is 17.5 Å². The number of nitro groups is 1. The van der Waals surface area contributed by atoms with E-state index in [1.165, 1.54) is 18.2 Å². The number of esters is 1. The van der Waals surface area contributed by atoms with Crippen LogP contribution < -0.4 is 16.0 Å². The zero-order chi connectivity index (χ0) is 31.9. The average molecular weight is 611 g/mol. The van der Waals surface area contributed by atoms with Gasteiger partial charge >= 0.3 is 5.97 Å². The molecule has 0 unspecified atom stereocenters. The molecule has 3 amide bonds. The molecule has 0 aliphatic heterocycles. The zero-order valence-electron chi connectivity index (χ0n) is 24.6. The maximum Gasteiger partial charge on any atom is 0.325 e. The van der Waals surface area contributed by atoms with Gasteiger partial charge in [0, 0.05) is 17.7 Å². The van der Waals surface area contributed by atoms with E-state index in [4.69, 9.17) is 9.47 Å². The summed E-state index contributed by atoms with van der Waals surface area (Å²) in [5.74, 6) is -4.17. The van der Waals surface area contributed by atoms with Crippen molar-refractivity contribution in [1.82, 2.24) is 16.0 Å². The van der Waals surface area contributed by atoms with Crippen LogP contribution in [0.5, 0.6) is 0 Å². The highest BCUT2D eigenvalue weighted by atomic mass is 16.6. The van der Waals surface area contributed by atoms with Gasteiger partial charge in [0.2, 0.25) is 11.7 Å². The topological polar surface area (TPSA) is 183 Å². The zero-order valence-corrected chi connectivity index (χ0v) is 24.6. The quantitative estimate of drug-likeness (QED) is 0.111. The summed E-state index contributed by atoms with van der Waals surface area (Å²) in [6.45, 7) is 0.899. The van der Waals surface area contributed by atoms with Gasteiger partial charge < -0.3 is 25.4 Å². The molecule has 1 fully saturated rings. The molecule has 1 aliphatic rings. The van der Waals surface area contributed by atoms with E-state index in [-0.39, 0.29) is 43.4 Å². The molecule has 0 aromatic heterocycles. The molecule has 0 bridgehead atoms. The number of carbonyl (C=O) groups excluding carboxylic acids is 5. The predicted molar refractivity (Wildman–Crippen MR) is 158 cm³/mol. The second-order valence-corrected chi connectivity index (χ2v) is 10.5. The molecule has 1 aliphatic carbocycles. The molecule has 3 N–H and O–H groups in total. The number of hydrogen-bond acceptors (Lipinski definition) is 9. The standard InChI is InChI=1S/C31H38N4O9/c1-2-44-27(36)18-32-31(40)28(37)26(20-43-19-22-12-7-4-8-13-22)34-30(39)25(16-21-10-5-3-6-11-21)33-29(38)23-14-9-15-24(17-23)35(41)42/h4,7-9,12-15,17,21,25-26H,2-3,5-6,10-11,16,18-20H2,1H3,(H,32,40)(H,33,38)(H,34,39)/t25-,26+/m1/s1. The third kappa shape index (κ3) is 10.9. The summed E-state index contributed by atoms with van der Waals surface area (Å²) < 4.78 is 10.4. The Morgan fingerprint density at radius 3 is 2.36 bits per heavy atom. The monoisotopic (exact) mass is 610 g/mol. The van der Waals surface area contributed by atoms with E-state index in [0.29, 0.717) is 0 Å². The molecular formula is C31H38N4O9. The van der Waals surface area contributed by atoms with Crippen molar-refractivity contribution in [3.05, 3.63) is 75.8 Å². The second kappa shape index (κ2) is 17.5. The normalized spacial score (nSPS) is 14.5. The van der Waals surface area contributed by atoms with E-state index in [0.717, 1.165) is 43.7 Å². The summed E-state index contributed by atoms with van der Waals surface area (Å²) in [4.78, 5) is 74.8. The molecule has 0 saturated heterocycles. The lowest BCUT2D eigenvalue weighted by atomic mass is 9.84. The smallest absolute Gasteiger partial charge is 0.325 e. The van der Waals surface area contributed by atoms with Crippen LogP contribution in [0.4, 0.5) is 5.69 Å². The van der Waals surface area contributed by atoms with Gasteiger partial charge in [0.15, 0.2) is 0 Å². The summed E-state index contributed by atoms with van der Waals surface area (Å²) in [6, 6.07) is 11.7. The molecule has 236 valence electrons. The van der Waals surface area contributed by atoms with Crippen LogP contribution in [0.2, 0.25) is 0 Å². The number of ether oxygens (including phenoxy) is 2. The fourth-order valence-electron chi connectivity index (χ4n) is 4.92. The lowest BCUT2D eigenvalue weighted by Gasteiger charge is -2.28. The first-order valence-electron chi connectivity index (χ1n) is 14.6. The van der Waals surface area contributed by atoms with E-state index in [1.807, 2.05) is 30.3 Å². The Morgan fingerprint density at radius 2 is 1.68 bits per heavy atom. The van der Waals surface area contributed by atoms with E-state index in [1.54, 1.807) is 6.92 Å². The van der Waals surface area contributed by atoms with Crippen LogP contribution in [-0.4, -0.2) is 66.2 Å². The predicted octanol–water partition coefficient (Wildman–Crippen LogP) is 2.61. The van der Waals surface area contributed by atoms with Crippen LogP contribution in [0.3, 0.4) is 0 Å². The van der Waals surface area contributed by atoms with Crippen molar-refractivity contribution in [3.8, 4) is 0 Å². The Balaban J connectivity index is 1.77. The minimum Gasteiger partial charge on any atom is -0.465 e. The molecule has 0 radical (unpaired) electrons. The van der Waals surface area contributed by atoms with Gasteiger partial charge in [-0.3, -0.25) is 34.1 Å². The van der Waals surface area contributed by atoms with Crippen LogP contribution in [-0.2, 0) is 35.3 Å². The molecule has 2 aromatic rings. The van der Waals surface area contributed by atoms with Crippen molar-refractivity contribution in [2.45, 2.75) is 64.1 Å². The minimum absolute atomic E-state index is 0.00203. The number of hydrogen-bond donors (Lipinski definition) is 3. The Hall–Kier alpha value is -4.65. The molecule has 0 spiro atoms. The molecule has 2 aromatic carbocycles. The number of amides is 3. The first kappa shape index (κ1) is 33.8. The number of carbonyl (C=O) groups is 5. The maximum atomic E-state index is 13.6. The van der Waals surface area contributed by atoms with Gasteiger partial charge in [-0.1, -0.05) is 68.5 Å². The highest BCUT2D eigenvalue weighted by Gasteiger charge is 2.32. The molecular weight excluding hydrogens is 572 g/mol. The molecule has 13 nitrogen and oxygen atoms in total. The van der Waals surface area contributed by atoms with Gasteiger partial charge in [0.05, 0.1) is 24.7 Å². The fraction of sp³-hybridized carbons (Fsp3) is 0.452. The molecule has 2 atom stereocenters. The summed E-state index contributed by atoms with van der Waals surface area (Å²) >= 11 is 0. The van der Waals surface area contributed by atoms with Crippen molar-refractivity contribution >= 4 is 35.2 Å². The van der Waals surface area contributed by atoms with Crippen LogP contribution in [0.1, 0.15) is 61.4 Å². The number of benzene rings is 2. The van der Waals surface area contributed by atoms with Crippen molar-refractivity contribution in [1.29, 1.82) is 0 Å². The lowest BCUT2D eigenvalue weighted by Crippen LogP contribution is -2.56. The summed E-state index contributed by atoms with van der Waals surface area (Å²) in [5.41, 5.74) is 0.523. The molecule has 13 heteroatoms. The third-order valence-corrected chi connectivity index (χ3v) is 7.19. The molecule has 1 saturated carbocycles. The van der Waals surface area contributed by atoms with Gasteiger partial charge in [0.1, 0.15) is 18.6 Å². The third-order valence-electron chi connectivity index (χ3n) is 7.19. The highest BCUT2D eigenvalue weighted by Crippen LogP contribution is 2.27. The summed E-state index contributed by atoms with van der Waals surface area (Å²) in [7, 11) is 0. The van der Waals surface area contributed by atoms with Crippen molar-refractivity contribution in [2.75, 3.05) is 19.8 Å². The van der Waals surface area contributed by atoms with Gasteiger partial charge in [-0.25, -0.2) is 0 Å². The Morgan fingerprint density at radius 1 is 0.955 bits per heavy atom. The van der Waals surface area contributed by atoms with Gasteiger partial charge in [-0.15, -0.1) is 0 Å². The van der Waals surface area contributed by atoms with Crippen LogP contribution in [0.15, 0.2) is 54.6 Å². The SMILES string of the molecule is CCOC(=O)CNC(=O)C(=O)[C@H](COCc1ccccc1)NC(=O)[C@@H](CC1CCCCC1)NC(=O)c1cccc([N+](=O)[O-])c1. The minimum atomic E-state index is -1.43. The van der Waals surface area contributed by atoms with Crippen LogP contribution >= 0.6 is 0 Å². The second-order valence-electron chi connectivity index (χ2n) is 10.5. The number of nitrogens with zero attached hydrogens (tertiary/aromatic N) is 1. The van der Waals surface area contributed by atoms with Crippen LogP contribution in [0.25, 0.3) is 0 Å². The Bertz CT molecular complexity index is 1310. The first-order valence-corrected chi connectivity index (χ1v) is 14.6. The number of nitrogens with one attached hydrogen (secondary N) is 3. The molecule has 3 rings (SSSR count). The Labute approximate surface area is 255 Å². The summed E-state index contributed by atoms with van der Waals surface area (Å²) in [6.07, 6.45) is 5.02. The van der Waals surface area contributed by atoms with E-state index >= 15 is 0 Å². The van der Waals surface area contributed by atoms with Crippen LogP contribution in [0, 0.1) is 16.0 Å². The van der Waals surface area contributed by atoms with E-state index in [9.17, 15) is 34.1 Å². The highest BCUT2D eigenvalue weighted by molar-refractivity contribution is 6.38. The number of Topliss-reactive ketones (excluding diaryl/α,β-unsaturated/α-hetero) is 1. The number of rotatable bonds is 16.